The van der Waals surface area contributed by atoms with Crippen molar-refractivity contribution in [1.29, 1.82) is 0 Å². The first kappa shape index (κ1) is 69.7. The molecular weight excluding hydrogens is 1320 g/mol. The number of benzene rings is 3. The maximum absolute atomic E-state index is 15.2. The summed E-state index contributed by atoms with van der Waals surface area (Å²) in [5, 5.41) is 12.2. The van der Waals surface area contributed by atoms with Gasteiger partial charge in [-0.1, -0.05) is 32.4 Å². The van der Waals surface area contributed by atoms with Crippen molar-refractivity contribution in [2.45, 2.75) is 116 Å². The van der Waals surface area contributed by atoms with E-state index >= 15 is 4.79 Å². The van der Waals surface area contributed by atoms with Crippen molar-refractivity contribution in [2.24, 2.45) is 27.9 Å². The number of nitrogens with zero attached hydrogens (tertiary/aromatic N) is 5. The third-order valence-electron chi connectivity index (χ3n) is 20.0. The quantitative estimate of drug-likeness (QED) is 0.0104. The molecule has 3 aliphatic carbocycles. The summed E-state index contributed by atoms with van der Waals surface area (Å²) < 4.78 is 29.0. The van der Waals surface area contributed by atoms with E-state index in [2.05, 4.69) is 31.2 Å². The number of unbranched alkanes of at least 4 members (excludes halogenated alkanes) is 2. The second-order valence-corrected chi connectivity index (χ2v) is 28.4. The maximum atomic E-state index is 15.2. The molecule has 11 rings (SSSR count). The number of urea groups is 1. The van der Waals surface area contributed by atoms with Gasteiger partial charge in [-0.3, -0.25) is 48.2 Å². The molecular formula is C66H79Cl2N12O16P. The van der Waals surface area contributed by atoms with Crippen LogP contribution in [0, 0.1) is 36.0 Å². The molecule has 3 aromatic carbocycles. The average molecular weight is 1400 g/mol. The van der Waals surface area contributed by atoms with E-state index in [0.717, 1.165) is 32.5 Å². The summed E-state index contributed by atoms with van der Waals surface area (Å²) >= 11 is 13.2. The number of alkyl halides is 2. The molecule has 97 heavy (non-hydrogen) atoms. The fourth-order valence-corrected chi connectivity index (χ4v) is 15.8. The van der Waals surface area contributed by atoms with Crippen molar-refractivity contribution in [1.82, 2.24) is 40.6 Å². The van der Waals surface area contributed by atoms with E-state index in [9.17, 15) is 57.5 Å². The number of amides is 11. The van der Waals surface area contributed by atoms with Crippen molar-refractivity contribution in [3.05, 3.63) is 88.8 Å². The van der Waals surface area contributed by atoms with E-state index in [1.165, 1.54) is 42.1 Å². The molecule has 7 atom stereocenters. The van der Waals surface area contributed by atoms with Gasteiger partial charge in [0.15, 0.2) is 11.5 Å². The van der Waals surface area contributed by atoms with E-state index in [-0.39, 0.29) is 136 Å². The largest absolute Gasteiger partial charge is 0.524 e. The molecule has 10 N–H and O–H groups in total. The first-order valence-corrected chi connectivity index (χ1v) is 34.8. The van der Waals surface area contributed by atoms with E-state index in [4.69, 9.17) is 42.9 Å². The number of nitrogens with two attached hydrogens (primary N) is 1. The smallest absolute Gasteiger partial charge is 0.445 e. The van der Waals surface area contributed by atoms with Gasteiger partial charge in [0.2, 0.25) is 29.5 Å². The molecule has 31 heteroatoms. The number of nitrogens with one attached hydrogen (secondary N) is 6. The standard InChI is InChI=1S/C66H79Cl2N12O16P/c1-35(2)54(75-47(81)12-8-7-9-20-78-48(82)17-18-49(78)83)58(85)74-42(11-10-19-70-61(69)88)57(84)73-41-15-13-38(14-16-41)31-94-62(89)76(5)21-22-77(6)63(90)95-45-23-43-52(50-36(3)27-71-55(45)50)39(25-67)29-79(43)59(86)64-32-65(34-66(64,65)33-64)60(87)80-30-40(26-68)53-44(80)24-46(96-97(91,92)93)56-51(53)37(4)28-72-56/h13-18,23-24,27-28,35,39-40,42,54,71-72H,7-12,19-22,25-26,29-34H2,1-6H3,(H,73,84)(H,74,85)(H,75,81)(H3,69,70,88)(H2,91,92,93). The number of H-pyrrole nitrogens is 2. The zero-order valence-electron chi connectivity index (χ0n) is 54.5. The summed E-state index contributed by atoms with van der Waals surface area (Å²) in [6, 6.07) is 6.76. The zero-order chi connectivity index (χ0) is 69.8. The number of carbonyl (C=O) groups excluding carboxylic acids is 10. The van der Waals surface area contributed by atoms with E-state index < -0.39 is 66.2 Å². The first-order chi connectivity index (χ1) is 46.1. The first-order valence-electron chi connectivity index (χ1n) is 32.2. The lowest BCUT2D eigenvalue weighted by Crippen LogP contribution is -2.54. The minimum absolute atomic E-state index is 0.0270. The molecule has 5 heterocycles. The van der Waals surface area contributed by atoms with Crippen molar-refractivity contribution < 1.29 is 76.3 Å². The molecule has 0 bridgehead atoms. The second kappa shape index (κ2) is 27.3. The summed E-state index contributed by atoms with van der Waals surface area (Å²) in [6.45, 7) is 8.03. The summed E-state index contributed by atoms with van der Waals surface area (Å²) in [7, 11) is -1.97. The van der Waals surface area contributed by atoms with Gasteiger partial charge in [0.05, 0.1) is 33.2 Å². The molecule has 2 aromatic heterocycles. The third kappa shape index (κ3) is 13.3. The van der Waals surface area contributed by atoms with Crippen LogP contribution < -0.4 is 46.1 Å². The summed E-state index contributed by atoms with van der Waals surface area (Å²) in [6.07, 6.45) is 7.74. The number of hydrogen-bond acceptors (Lipinski definition) is 14. The number of aryl methyl sites for hydroxylation is 2. The number of hydrogen-bond donors (Lipinski definition) is 9. The molecule has 11 amide bonds. The van der Waals surface area contributed by atoms with Gasteiger partial charge >= 0.3 is 26.0 Å². The van der Waals surface area contributed by atoms with Crippen LogP contribution in [0.25, 0.3) is 21.8 Å². The average Bonchev–Trinajstić information content (AvgIpc) is 1.40. The number of phosphoric ester groups is 1. The number of ether oxygens (including phenoxy) is 2. The predicted octanol–water partition coefficient (Wildman–Crippen LogP) is 7.14. The number of primary amides is 1. The molecule has 0 saturated heterocycles. The fourth-order valence-electron chi connectivity index (χ4n) is 14.9. The highest BCUT2D eigenvalue weighted by Gasteiger charge is 3.01. The minimum Gasteiger partial charge on any atom is -0.445 e. The van der Waals surface area contributed by atoms with Crippen LogP contribution in [0.5, 0.6) is 11.5 Å². The molecule has 5 aromatic rings. The van der Waals surface area contributed by atoms with Gasteiger partial charge < -0.3 is 70.6 Å². The number of aromatic nitrogens is 2. The van der Waals surface area contributed by atoms with Crippen LogP contribution in [0.4, 0.5) is 31.4 Å². The maximum Gasteiger partial charge on any atom is 0.524 e. The highest BCUT2D eigenvalue weighted by Crippen LogP contribution is 3.01. The van der Waals surface area contributed by atoms with Crippen molar-refractivity contribution in [2.75, 3.05) is 80.2 Å². The normalized spacial score (nSPS) is 21.5. The number of carbonyl (C=O) groups is 10. The SMILES string of the molecule is Cc1c[nH]c2c(OC(=O)N(C)CCN(C)C(=O)OCc3ccc(NC(=O)C(CCCNC(N)=O)NC(=O)C(NC(=O)CCCCCN4C(=O)C=CC4=O)C(C)C)cc3)cc3c(c12)C(CCl)CN3C(=O)C12CC3(C(=O)N4CC(CCl)c5c4cc(OP(=O)(O)O)c4[nH]cc(C)c54)CC13C2. The molecule has 7 unspecified atom stereocenters. The van der Waals surface area contributed by atoms with Crippen LogP contribution in [0.15, 0.2) is 60.9 Å². The number of aromatic amines is 2. The molecule has 3 fully saturated rings. The highest BCUT2D eigenvalue weighted by molar-refractivity contribution is 7.46. The third-order valence-corrected chi connectivity index (χ3v) is 21.2. The Balaban J connectivity index is 0.671. The lowest BCUT2D eigenvalue weighted by atomic mass is 9.72. The van der Waals surface area contributed by atoms with Crippen molar-refractivity contribution in [3.8, 4) is 11.5 Å². The van der Waals surface area contributed by atoms with Crippen molar-refractivity contribution in [3.63, 3.8) is 0 Å². The van der Waals surface area contributed by atoms with Gasteiger partial charge in [-0.15, -0.1) is 23.2 Å². The summed E-state index contributed by atoms with van der Waals surface area (Å²) in [5.74, 6) is -3.09. The van der Waals surface area contributed by atoms with Gasteiger partial charge in [-0.05, 0) is 105 Å². The van der Waals surface area contributed by atoms with Crippen LogP contribution >= 0.6 is 31.0 Å². The molecule has 28 nitrogen and oxygen atoms in total. The number of phosphoric acid groups is 1. The van der Waals surface area contributed by atoms with Crippen molar-refractivity contribution >= 4 is 129 Å². The topological polar surface area (TPSA) is 378 Å². The Labute approximate surface area is 568 Å². The Morgan fingerprint density at radius 3 is 1.85 bits per heavy atom. The van der Waals surface area contributed by atoms with E-state index in [0.29, 0.717) is 77.6 Å². The highest BCUT2D eigenvalue weighted by atomic mass is 35.5. The molecule has 518 valence electrons. The monoisotopic (exact) mass is 1400 g/mol. The van der Waals surface area contributed by atoms with Gasteiger partial charge in [0.1, 0.15) is 18.7 Å². The Hall–Kier alpha value is -8.69. The number of anilines is 3. The molecule has 6 aliphatic rings. The second-order valence-electron chi connectivity index (χ2n) is 26.7. The molecule has 0 radical (unpaired) electrons. The van der Waals surface area contributed by atoms with Gasteiger partial charge in [-0.2, -0.15) is 0 Å². The molecule has 3 aliphatic heterocycles. The van der Waals surface area contributed by atoms with Crippen LogP contribution in [-0.4, -0.2) is 171 Å². The zero-order valence-corrected chi connectivity index (χ0v) is 56.9. The number of likely N-dealkylation sites (N-methyl/N-ethyl adjacent to an activating group) is 2. The Kier molecular flexibility index (Phi) is 19.6. The number of fused-ring (bicyclic) bond motifs is 6. The number of rotatable bonds is 28. The summed E-state index contributed by atoms with van der Waals surface area (Å²) in [5.41, 5.74) is 9.14. The number of imide groups is 1. The van der Waals surface area contributed by atoms with E-state index in [1.54, 1.807) is 66.4 Å². The lowest BCUT2D eigenvalue weighted by molar-refractivity contribution is -0.137. The van der Waals surface area contributed by atoms with Crippen LogP contribution in [-0.2, 0) is 49.5 Å². The molecule has 1 spiro atoms. The van der Waals surface area contributed by atoms with Crippen LogP contribution in [0.3, 0.4) is 0 Å². The van der Waals surface area contributed by atoms with Gasteiger partial charge in [0, 0.05) is 142 Å². The fraction of sp³-hybridized carbons (Fsp3) is 0.485. The number of halogens is 2. The van der Waals surface area contributed by atoms with Crippen LogP contribution in [0.2, 0.25) is 0 Å². The summed E-state index contributed by atoms with van der Waals surface area (Å²) in [4.78, 5) is 166. The Morgan fingerprint density at radius 1 is 0.753 bits per heavy atom. The lowest BCUT2D eigenvalue weighted by Gasteiger charge is -2.37. The Morgan fingerprint density at radius 2 is 1.31 bits per heavy atom. The van der Waals surface area contributed by atoms with Gasteiger partial charge in [-0.25, -0.2) is 18.9 Å². The Bertz CT molecular complexity index is 4120. The molecule has 3 saturated carbocycles. The minimum atomic E-state index is -5.00. The van der Waals surface area contributed by atoms with E-state index in [1.807, 2.05) is 13.8 Å². The van der Waals surface area contributed by atoms with Crippen LogP contribution in [0.1, 0.15) is 111 Å². The van der Waals surface area contributed by atoms with Gasteiger partial charge in [0.25, 0.3) is 11.8 Å². The predicted molar refractivity (Wildman–Crippen MR) is 358 cm³/mol.